The molecule has 2 nitrogen and oxygen atoms in total. The lowest BCUT2D eigenvalue weighted by Crippen LogP contribution is -2.41. The van der Waals surface area contributed by atoms with Gasteiger partial charge in [-0.25, -0.2) is 0 Å². The van der Waals surface area contributed by atoms with Crippen molar-refractivity contribution < 1.29 is 9.31 Å². The average molecular weight is 358 g/mol. The second-order valence-electron chi connectivity index (χ2n) is 5.77. The van der Waals surface area contributed by atoms with Crippen LogP contribution in [0.4, 0.5) is 0 Å². The Bertz CT molecular complexity index is 398. The van der Waals surface area contributed by atoms with Crippen LogP contribution >= 0.6 is 22.6 Å². The summed E-state index contributed by atoms with van der Waals surface area (Å²) >= 11 is 2.40. The molecule has 0 aliphatic carbocycles. The third-order valence-corrected chi connectivity index (χ3v) is 4.43. The van der Waals surface area contributed by atoms with E-state index in [1.54, 1.807) is 0 Å². The van der Waals surface area contributed by atoms with E-state index in [9.17, 15) is 0 Å². The van der Waals surface area contributed by atoms with Gasteiger partial charge in [0.15, 0.2) is 0 Å². The van der Waals surface area contributed by atoms with E-state index < -0.39 is 0 Å². The summed E-state index contributed by atoms with van der Waals surface area (Å²) in [6.07, 6.45) is 1.12. The van der Waals surface area contributed by atoms with Crippen LogP contribution in [0.15, 0.2) is 24.3 Å². The minimum absolute atomic E-state index is 0.247. The monoisotopic (exact) mass is 358 g/mol. The Morgan fingerprint density at radius 1 is 1.00 bits per heavy atom. The van der Waals surface area contributed by atoms with Gasteiger partial charge >= 0.3 is 7.12 Å². The maximum absolute atomic E-state index is 6.03. The van der Waals surface area contributed by atoms with Crippen molar-refractivity contribution in [1.29, 1.82) is 0 Å². The molecule has 0 N–H and O–H groups in total. The van der Waals surface area contributed by atoms with Crippen LogP contribution in [-0.4, -0.2) is 22.7 Å². The van der Waals surface area contributed by atoms with Crippen molar-refractivity contribution in [3.05, 3.63) is 29.8 Å². The summed E-state index contributed by atoms with van der Waals surface area (Å²) in [4.78, 5) is 0. The highest BCUT2D eigenvalue weighted by molar-refractivity contribution is 14.1. The maximum atomic E-state index is 6.03. The summed E-state index contributed by atoms with van der Waals surface area (Å²) in [7, 11) is -0.247. The molecule has 1 aromatic carbocycles. The highest BCUT2D eigenvalue weighted by atomic mass is 127. The molecule has 1 aliphatic rings. The first-order valence-corrected chi connectivity index (χ1v) is 7.89. The quantitative estimate of drug-likeness (QED) is 0.470. The average Bonchev–Trinajstić information content (AvgIpc) is 2.50. The lowest BCUT2D eigenvalue weighted by Gasteiger charge is -2.32. The minimum atomic E-state index is -0.265. The summed E-state index contributed by atoms with van der Waals surface area (Å²) in [5.41, 5.74) is 1.94. The first-order chi connectivity index (χ1) is 8.36. The highest BCUT2D eigenvalue weighted by Crippen LogP contribution is 2.36. The number of aryl methyl sites for hydroxylation is 1. The molecule has 4 heteroatoms. The predicted molar refractivity (Wildman–Crippen MR) is 84.7 cm³/mol. The molecule has 18 heavy (non-hydrogen) atoms. The smallest absolute Gasteiger partial charge is 0.399 e. The van der Waals surface area contributed by atoms with E-state index in [4.69, 9.17) is 9.31 Å². The van der Waals surface area contributed by atoms with Crippen molar-refractivity contribution in [2.24, 2.45) is 0 Å². The summed E-state index contributed by atoms with van der Waals surface area (Å²) in [5, 5.41) is 0. The van der Waals surface area contributed by atoms with Gasteiger partial charge in [0.05, 0.1) is 11.2 Å². The molecule has 0 aromatic heterocycles. The molecule has 0 unspecified atom stereocenters. The number of halogens is 1. The van der Waals surface area contributed by atoms with Crippen molar-refractivity contribution in [3.63, 3.8) is 0 Å². The Morgan fingerprint density at radius 2 is 1.50 bits per heavy atom. The van der Waals surface area contributed by atoms with Crippen LogP contribution in [0, 0.1) is 0 Å². The maximum Gasteiger partial charge on any atom is 0.494 e. The molecule has 1 aliphatic heterocycles. The SMILES string of the molecule is CC1(C)OB(c2ccc(CCI)cc2)OC1(C)C. The molecule has 0 amide bonds. The van der Waals surface area contributed by atoms with Gasteiger partial charge in [0.2, 0.25) is 0 Å². The number of hydrogen-bond acceptors (Lipinski definition) is 2. The largest absolute Gasteiger partial charge is 0.494 e. The molecule has 1 saturated heterocycles. The third kappa shape index (κ3) is 2.75. The number of rotatable bonds is 3. The lowest BCUT2D eigenvalue weighted by atomic mass is 9.79. The van der Waals surface area contributed by atoms with Crippen LogP contribution in [0.1, 0.15) is 33.3 Å². The van der Waals surface area contributed by atoms with Crippen LogP contribution < -0.4 is 5.46 Å². The Kier molecular flexibility index (Phi) is 4.09. The lowest BCUT2D eigenvalue weighted by molar-refractivity contribution is 0.00578. The summed E-state index contributed by atoms with van der Waals surface area (Å²) in [6.45, 7) is 8.32. The molecule has 0 spiro atoms. The minimum Gasteiger partial charge on any atom is -0.399 e. The molecule has 0 atom stereocenters. The molecular weight excluding hydrogens is 338 g/mol. The molecule has 1 heterocycles. The number of hydrogen-bond donors (Lipinski definition) is 0. The third-order valence-electron chi connectivity index (χ3n) is 3.89. The zero-order valence-corrected chi connectivity index (χ0v) is 13.7. The van der Waals surface area contributed by atoms with E-state index in [1.165, 1.54) is 5.56 Å². The molecular formula is C14H20BIO2. The topological polar surface area (TPSA) is 18.5 Å². The van der Waals surface area contributed by atoms with E-state index in [0.717, 1.165) is 16.3 Å². The van der Waals surface area contributed by atoms with Crippen molar-refractivity contribution in [2.45, 2.75) is 45.3 Å². The summed E-state index contributed by atoms with van der Waals surface area (Å²) in [6, 6.07) is 8.56. The van der Waals surface area contributed by atoms with E-state index in [0.29, 0.717) is 0 Å². The zero-order chi connectivity index (χ0) is 13.4. The molecule has 0 saturated carbocycles. The normalized spacial score (nSPS) is 21.3. The Hall–Kier alpha value is -0.0651. The van der Waals surface area contributed by atoms with Crippen molar-refractivity contribution in [1.82, 2.24) is 0 Å². The molecule has 2 rings (SSSR count). The number of benzene rings is 1. The summed E-state index contributed by atoms with van der Waals surface area (Å²) < 4.78 is 13.2. The zero-order valence-electron chi connectivity index (χ0n) is 11.5. The van der Waals surface area contributed by atoms with Gasteiger partial charge in [-0.1, -0.05) is 46.9 Å². The number of alkyl halides is 1. The van der Waals surface area contributed by atoms with Gasteiger partial charge < -0.3 is 9.31 Å². The van der Waals surface area contributed by atoms with Crippen molar-refractivity contribution >= 4 is 35.2 Å². The molecule has 1 fully saturated rings. The van der Waals surface area contributed by atoms with Gasteiger partial charge in [0.25, 0.3) is 0 Å². The second kappa shape index (κ2) is 5.14. The van der Waals surface area contributed by atoms with Gasteiger partial charge in [-0.3, -0.25) is 0 Å². The van der Waals surface area contributed by atoms with Crippen molar-refractivity contribution in [2.75, 3.05) is 4.43 Å². The van der Waals surface area contributed by atoms with E-state index >= 15 is 0 Å². The predicted octanol–water partition coefficient (Wildman–Crippen LogP) is 2.96. The van der Waals surface area contributed by atoms with Crippen LogP contribution in [-0.2, 0) is 15.7 Å². The summed E-state index contributed by atoms with van der Waals surface area (Å²) in [5.74, 6) is 0. The molecule has 1 aromatic rings. The fraction of sp³-hybridized carbons (Fsp3) is 0.571. The van der Waals surface area contributed by atoms with E-state index in [-0.39, 0.29) is 18.3 Å². The van der Waals surface area contributed by atoms with Crippen molar-refractivity contribution in [3.8, 4) is 0 Å². The van der Waals surface area contributed by atoms with Crippen LogP contribution in [0.3, 0.4) is 0 Å². The Balaban J connectivity index is 2.14. The fourth-order valence-electron chi connectivity index (χ4n) is 1.93. The second-order valence-corrected chi connectivity index (χ2v) is 6.85. The Labute approximate surface area is 124 Å². The van der Waals surface area contributed by atoms with E-state index in [2.05, 4.69) is 74.6 Å². The first-order valence-electron chi connectivity index (χ1n) is 6.36. The van der Waals surface area contributed by atoms with Gasteiger partial charge in [-0.15, -0.1) is 0 Å². The fourth-order valence-corrected chi connectivity index (χ4v) is 2.55. The van der Waals surface area contributed by atoms with Crippen LogP contribution in [0.5, 0.6) is 0 Å². The van der Waals surface area contributed by atoms with Gasteiger partial charge in [-0.05, 0) is 45.1 Å². The van der Waals surface area contributed by atoms with E-state index in [1.807, 2.05) is 0 Å². The van der Waals surface area contributed by atoms with Gasteiger partial charge in [0.1, 0.15) is 0 Å². The molecule has 98 valence electrons. The van der Waals surface area contributed by atoms with Crippen LogP contribution in [0.2, 0.25) is 0 Å². The van der Waals surface area contributed by atoms with Gasteiger partial charge in [-0.2, -0.15) is 0 Å². The Morgan fingerprint density at radius 3 is 1.94 bits per heavy atom. The van der Waals surface area contributed by atoms with Gasteiger partial charge in [0, 0.05) is 4.43 Å². The molecule has 0 bridgehead atoms. The van der Waals surface area contributed by atoms with Crippen LogP contribution in [0.25, 0.3) is 0 Å². The molecule has 0 radical (unpaired) electrons. The highest BCUT2D eigenvalue weighted by Gasteiger charge is 2.51. The standard InChI is InChI=1S/C14H20BIO2/c1-13(2)14(3,4)18-15(17-13)12-7-5-11(6-8-12)9-10-16/h5-8H,9-10H2,1-4H3. The first kappa shape index (κ1) is 14.3.